The molecule has 0 bridgehead atoms. The Hall–Kier alpha value is -2.23. The zero-order valence-electron chi connectivity index (χ0n) is 18.0. The van der Waals surface area contributed by atoms with Crippen molar-refractivity contribution in [1.29, 1.82) is 0 Å². The van der Waals surface area contributed by atoms with E-state index in [1.165, 1.54) is 11.3 Å². The molecule has 32 heavy (non-hydrogen) atoms. The first-order valence-electron chi connectivity index (χ1n) is 11.2. The van der Waals surface area contributed by atoms with Gasteiger partial charge in [-0.3, -0.25) is 9.59 Å². The zero-order valence-corrected chi connectivity index (χ0v) is 19.7. The molecule has 0 saturated carbocycles. The summed E-state index contributed by atoms with van der Waals surface area (Å²) in [6.07, 6.45) is 5.15. The molecule has 172 valence electrons. The van der Waals surface area contributed by atoms with Gasteiger partial charge in [0, 0.05) is 37.8 Å². The first kappa shape index (κ1) is 22.9. The quantitative estimate of drug-likeness (QED) is 0.713. The van der Waals surface area contributed by atoms with Crippen LogP contribution in [0, 0.1) is 5.92 Å². The third-order valence-corrected chi connectivity index (χ3v) is 8.98. The van der Waals surface area contributed by atoms with E-state index in [1.54, 1.807) is 33.5 Å². The Morgan fingerprint density at radius 1 is 0.906 bits per heavy atom. The molecule has 0 atom stereocenters. The van der Waals surface area contributed by atoms with Gasteiger partial charge in [-0.2, -0.15) is 4.31 Å². The van der Waals surface area contributed by atoms with E-state index in [9.17, 15) is 18.0 Å². The summed E-state index contributed by atoms with van der Waals surface area (Å²) < 4.78 is 27.4. The summed E-state index contributed by atoms with van der Waals surface area (Å²) in [5.74, 6) is -0.223. The maximum atomic E-state index is 12.9. The van der Waals surface area contributed by atoms with Crippen molar-refractivity contribution in [3.8, 4) is 0 Å². The maximum Gasteiger partial charge on any atom is 0.263 e. The molecule has 0 aliphatic carbocycles. The molecule has 0 spiro atoms. The number of carbonyl (C=O) groups excluding carboxylic acids is 2. The fourth-order valence-corrected chi connectivity index (χ4v) is 6.49. The van der Waals surface area contributed by atoms with Gasteiger partial charge in [-0.1, -0.05) is 18.9 Å². The predicted octanol–water partition coefficient (Wildman–Crippen LogP) is 3.80. The highest BCUT2D eigenvalue weighted by Gasteiger charge is 2.29. The number of carbonyl (C=O) groups is 2. The Balaban J connectivity index is 1.32. The largest absolute Gasteiger partial charge is 0.338 e. The Labute approximate surface area is 193 Å². The molecule has 1 aromatic carbocycles. The smallest absolute Gasteiger partial charge is 0.263 e. The zero-order chi connectivity index (χ0) is 22.6. The van der Waals surface area contributed by atoms with Gasteiger partial charge in [-0.05, 0) is 61.4 Å². The average Bonchev–Trinajstić information content (AvgIpc) is 3.20. The van der Waals surface area contributed by atoms with Crippen LogP contribution in [-0.4, -0.2) is 55.6 Å². The second-order valence-corrected chi connectivity index (χ2v) is 11.3. The predicted molar refractivity (Wildman–Crippen MR) is 125 cm³/mol. The van der Waals surface area contributed by atoms with Crippen LogP contribution in [0.2, 0.25) is 0 Å². The molecule has 7 nitrogen and oxygen atoms in total. The maximum absolute atomic E-state index is 12.9. The van der Waals surface area contributed by atoms with Crippen LogP contribution in [0.4, 0.5) is 5.69 Å². The number of nitrogens with zero attached hydrogens (tertiary/aromatic N) is 2. The fraction of sp³-hybridized carbons (Fsp3) is 0.478. The molecule has 1 aromatic heterocycles. The van der Waals surface area contributed by atoms with E-state index in [-0.39, 0.29) is 22.6 Å². The van der Waals surface area contributed by atoms with Gasteiger partial charge in [-0.15, -0.1) is 11.3 Å². The first-order chi connectivity index (χ1) is 15.4. The summed E-state index contributed by atoms with van der Waals surface area (Å²) in [5.41, 5.74) is 0.585. The van der Waals surface area contributed by atoms with Crippen LogP contribution >= 0.6 is 11.3 Å². The minimum atomic E-state index is -3.50. The number of nitrogens with one attached hydrogen (secondary N) is 1. The lowest BCUT2D eigenvalue weighted by molar-refractivity contribution is -0.121. The lowest BCUT2D eigenvalue weighted by Gasteiger charge is -2.31. The van der Waals surface area contributed by atoms with Gasteiger partial charge in [-0.25, -0.2) is 8.42 Å². The number of sulfonamides is 1. The third-order valence-electron chi connectivity index (χ3n) is 6.21. The highest BCUT2D eigenvalue weighted by atomic mass is 32.2. The number of benzene rings is 1. The SMILES string of the molecule is O=C(Nc1ccc(S(=O)(=O)N2CCCCCC2)cc1)C1CCN(C(=O)c2cccs2)CC1. The molecule has 2 aromatic rings. The molecule has 9 heteroatoms. The van der Waals surface area contributed by atoms with Crippen molar-refractivity contribution in [2.45, 2.75) is 43.4 Å². The molecule has 3 heterocycles. The minimum Gasteiger partial charge on any atom is -0.338 e. The monoisotopic (exact) mass is 475 g/mol. The van der Waals surface area contributed by atoms with E-state index >= 15 is 0 Å². The minimum absolute atomic E-state index is 0.0278. The van der Waals surface area contributed by atoms with Crippen LogP contribution in [0.15, 0.2) is 46.7 Å². The van der Waals surface area contributed by atoms with E-state index in [0.29, 0.717) is 44.7 Å². The van der Waals surface area contributed by atoms with Crippen molar-refractivity contribution in [3.63, 3.8) is 0 Å². The number of thiophene rings is 1. The molecule has 0 radical (unpaired) electrons. The van der Waals surface area contributed by atoms with Crippen LogP contribution in [0.1, 0.15) is 48.2 Å². The summed E-state index contributed by atoms with van der Waals surface area (Å²) in [6, 6.07) is 10.1. The van der Waals surface area contributed by atoms with Crippen molar-refractivity contribution >= 4 is 38.9 Å². The van der Waals surface area contributed by atoms with Crippen LogP contribution < -0.4 is 5.32 Å². The van der Waals surface area contributed by atoms with Gasteiger partial charge in [0.05, 0.1) is 9.77 Å². The number of hydrogen-bond donors (Lipinski definition) is 1. The van der Waals surface area contributed by atoms with Gasteiger partial charge >= 0.3 is 0 Å². The van der Waals surface area contributed by atoms with Gasteiger partial charge in [0.25, 0.3) is 5.91 Å². The molecule has 0 unspecified atom stereocenters. The average molecular weight is 476 g/mol. The Morgan fingerprint density at radius 3 is 2.16 bits per heavy atom. The van der Waals surface area contributed by atoms with Crippen molar-refractivity contribution in [1.82, 2.24) is 9.21 Å². The van der Waals surface area contributed by atoms with Crippen LogP contribution in [-0.2, 0) is 14.8 Å². The molecular weight excluding hydrogens is 446 g/mol. The van der Waals surface area contributed by atoms with Gasteiger partial charge in [0.2, 0.25) is 15.9 Å². The normalized spacial score (nSPS) is 18.8. The van der Waals surface area contributed by atoms with Gasteiger partial charge < -0.3 is 10.2 Å². The van der Waals surface area contributed by atoms with E-state index < -0.39 is 10.0 Å². The first-order valence-corrected chi connectivity index (χ1v) is 13.5. The fourth-order valence-electron chi connectivity index (χ4n) is 4.29. The van der Waals surface area contributed by atoms with E-state index in [0.717, 1.165) is 30.6 Å². The molecular formula is C23H29N3O4S2. The lowest BCUT2D eigenvalue weighted by atomic mass is 9.95. The summed E-state index contributed by atoms with van der Waals surface area (Å²) in [7, 11) is -3.50. The highest BCUT2D eigenvalue weighted by Crippen LogP contribution is 2.24. The van der Waals surface area contributed by atoms with Crippen LogP contribution in [0.5, 0.6) is 0 Å². The second-order valence-electron chi connectivity index (χ2n) is 8.38. The van der Waals surface area contributed by atoms with Gasteiger partial charge in [0.1, 0.15) is 0 Å². The third kappa shape index (κ3) is 5.22. The molecule has 1 N–H and O–H groups in total. The topological polar surface area (TPSA) is 86.8 Å². The summed E-state index contributed by atoms with van der Waals surface area (Å²) in [6.45, 7) is 2.24. The highest BCUT2D eigenvalue weighted by molar-refractivity contribution is 7.89. The molecule has 2 amide bonds. The van der Waals surface area contributed by atoms with Crippen molar-refractivity contribution in [2.24, 2.45) is 5.92 Å². The van der Waals surface area contributed by atoms with E-state index in [2.05, 4.69) is 5.32 Å². The number of hydrogen-bond acceptors (Lipinski definition) is 5. The van der Waals surface area contributed by atoms with Crippen LogP contribution in [0.25, 0.3) is 0 Å². The molecule has 2 aliphatic heterocycles. The number of likely N-dealkylation sites (tertiary alicyclic amines) is 1. The molecule has 2 saturated heterocycles. The van der Waals surface area contributed by atoms with Crippen molar-refractivity contribution in [2.75, 3.05) is 31.5 Å². The summed E-state index contributed by atoms with van der Waals surface area (Å²) in [4.78, 5) is 27.9. The summed E-state index contributed by atoms with van der Waals surface area (Å²) >= 11 is 1.43. The van der Waals surface area contributed by atoms with Gasteiger partial charge in [0.15, 0.2) is 0 Å². The number of amides is 2. The molecule has 2 fully saturated rings. The van der Waals surface area contributed by atoms with Crippen molar-refractivity contribution < 1.29 is 18.0 Å². The Bertz CT molecular complexity index is 1020. The number of piperidine rings is 1. The second kappa shape index (κ2) is 10.1. The molecule has 4 rings (SSSR count). The van der Waals surface area contributed by atoms with E-state index in [4.69, 9.17) is 0 Å². The lowest BCUT2D eigenvalue weighted by Crippen LogP contribution is -2.41. The Morgan fingerprint density at radius 2 is 1.56 bits per heavy atom. The van der Waals surface area contributed by atoms with Crippen molar-refractivity contribution in [3.05, 3.63) is 46.7 Å². The number of anilines is 1. The van der Waals surface area contributed by atoms with E-state index in [1.807, 2.05) is 17.5 Å². The Kier molecular flexibility index (Phi) is 7.27. The van der Waals surface area contributed by atoms with Crippen LogP contribution in [0.3, 0.4) is 0 Å². The standard InChI is InChI=1S/C23H29N3O4S2/c27-22(18-11-15-25(16-12-18)23(28)21-6-5-17-31-21)24-19-7-9-20(10-8-19)32(29,30)26-13-3-1-2-4-14-26/h5-10,17-18H,1-4,11-16H2,(H,24,27). The number of rotatable bonds is 5. The summed E-state index contributed by atoms with van der Waals surface area (Å²) in [5, 5.41) is 4.79. The molecule has 2 aliphatic rings.